The normalized spacial score (nSPS) is 38.1. The molecule has 0 bridgehead atoms. The molecule has 5 aliphatic rings. The van der Waals surface area contributed by atoms with E-state index < -0.39 is 23.1 Å². The molecule has 4 unspecified atom stereocenters. The van der Waals surface area contributed by atoms with E-state index in [2.05, 4.69) is 15.6 Å². The number of Topliss-reactive ketones (excluding diaryl/α,β-unsaturated/α-hetero) is 2. The van der Waals surface area contributed by atoms with Crippen molar-refractivity contribution in [3.05, 3.63) is 11.6 Å². The summed E-state index contributed by atoms with van der Waals surface area (Å²) < 4.78 is 11.9. The van der Waals surface area contributed by atoms with Gasteiger partial charge in [-0.3, -0.25) is 14.6 Å². The number of epoxide rings is 1. The van der Waals surface area contributed by atoms with Gasteiger partial charge in [-0.05, 0) is 77.2 Å². The van der Waals surface area contributed by atoms with Crippen LogP contribution in [0, 0.1) is 17.8 Å². The lowest BCUT2D eigenvalue weighted by Gasteiger charge is -2.37. The molecule has 0 aromatic carbocycles. The predicted molar refractivity (Wildman–Crippen MR) is 147 cm³/mol. The van der Waals surface area contributed by atoms with Crippen LogP contribution in [0.15, 0.2) is 16.6 Å². The fourth-order valence-corrected chi connectivity index (χ4v) is 7.55. The van der Waals surface area contributed by atoms with Crippen molar-refractivity contribution in [2.75, 3.05) is 13.6 Å². The van der Waals surface area contributed by atoms with Crippen molar-refractivity contribution < 1.29 is 23.9 Å². The Morgan fingerprint density at radius 1 is 1.15 bits per heavy atom. The number of aliphatic imine (C=N–C) groups is 1. The summed E-state index contributed by atoms with van der Waals surface area (Å²) >= 11 is 0. The minimum Gasteiger partial charge on any atom is -0.460 e. The first-order chi connectivity index (χ1) is 18.7. The Kier molecular flexibility index (Phi) is 8.18. The van der Waals surface area contributed by atoms with Gasteiger partial charge in [0.15, 0.2) is 23.1 Å². The average Bonchev–Trinajstić information content (AvgIpc) is 3.39. The predicted octanol–water partition coefficient (Wildman–Crippen LogP) is 1.85. The molecule has 2 heterocycles. The Balaban J connectivity index is 1.37. The van der Waals surface area contributed by atoms with Gasteiger partial charge in [-0.2, -0.15) is 0 Å². The van der Waals surface area contributed by atoms with E-state index >= 15 is 0 Å². The van der Waals surface area contributed by atoms with Crippen molar-refractivity contribution >= 4 is 23.5 Å². The van der Waals surface area contributed by atoms with E-state index in [0.29, 0.717) is 31.1 Å². The van der Waals surface area contributed by atoms with Crippen molar-refractivity contribution in [2.45, 2.75) is 113 Å². The van der Waals surface area contributed by atoms with Gasteiger partial charge in [-0.25, -0.2) is 4.79 Å². The van der Waals surface area contributed by atoms with Crippen molar-refractivity contribution in [1.82, 2.24) is 10.6 Å². The van der Waals surface area contributed by atoms with E-state index in [-0.39, 0.29) is 42.2 Å². The molecule has 10 nitrogen and oxygen atoms in total. The van der Waals surface area contributed by atoms with Crippen molar-refractivity contribution in [3.8, 4) is 0 Å². The minimum absolute atomic E-state index is 0.0132. The summed E-state index contributed by atoms with van der Waals surface area (Å²) in [4.78, 5) is 45.4. The summed E-state index contributed by atoms with van der Waals surface area (Å²) in [5.41, 5.74) is 10.00. The number of hydrogen-bond acceptors (Lipinski definition) is 8. The Labute approximate surface area is 231 Å². The van der Waals surface area contributed by atoms with Crippen LogP contribution in [0.5, 0.6) is 0 Å². The van der Waals surface area contributed by atoms with E-state index in [0.717, 1.165) is 63.5 Å². The van der Waals surface area contributed by atoms with Gasteiger partial charge in [0.05, 0.1) is 6.17 Å². The first kappa shape index (κ1) is 28.2. The first-order valence-corrected chi connectivity index (χ1v) is 14.8. The molecule has 2 aliphatic heterocycles. The van der Waals surface area contributed by atoms with Gasteiger partial charge in [-0.1, -0.05) is 24.5 Å². The van der Waals surface area contributed by atoms with E-state index in [4.69, 9.17) is 20.9 Å². The third kappa shape index (κ3) is 5.15. The number of nitrogens with two attached hydrogens (primary N) is 2. The monoisotopic (exact) mass is 543 g/mol. The number of ether oxygens (including phenoxy) is 2. The molecule has 7 atom stereocenters. The number of carbonyl (C=O) groups excluding carboxylic acids is 3. The molecular formula is C29H45N5O5. The Bertz CT molecular complexity index is 1040. The largest absolute Gasteiger partial charge is 0.460 e. The van der Waals surface area contributed by atoms with E-state index in [1.807, 2.05) is 13.0 Å². The van der Waals surface area contributed by atoms with Gasteiger partial charge in [0.2, 0.25) is 0 Å². The molecule has 0 radical (unpaired) electrons. The van der Waals surface area contributed by atoms with Crippen molar-refractivity contribution in [3.63, 3.8) is 0 Å². The van der Waals surface area contributed by atoms with Crippen LogP contribution in [0.3, 0.4) is 0 Å². The molecule has 0 amide bonds. The van der Waals surface area contributed by atoms with Gasteiger partial charge in [0.25, 0.3) is 5.60 Å². The summed E-state index contributed by atoms with van der Waals surface area (Å²) in [6, 6.07) is 0.0132. The number of piperidine rings is 1. The fourth-order valence-electron chi connectivity index (χ4n) is 7.55. The number of nitrogens with one attached hydrogen (secondary N) is 2. The van der Waals surface area contributed by atoms with Crippen LogP contribution in [0.1, 0.15) is 84.0 Å². The third-order valence-corrected chi connectivity index (χ3v) is 9.80. The molecule has 5 rings (SSSR count). The lowest BCUT2D eigenvalue weighted by molar-refractivity contribution is -0.162. The second-order valence-electron chi connectivity index (χ2n) is 12.3. The number of esters is 1. The minimum atomic E-state index is -1.79. The summed E-state index contributed by atoms with van der Waals surface area (Å²) in [7, 11) is 1.65. The maximum atomic E-state index is 13.9. The highest BCUT2D eigenvalue weighted by Crippen LogP contribution is 2.61. The average molecular weight is 544 g/mol. The summed E-state index contributed by atoms with van der Waals surface area (Å²) in [5, 5.41) is 6.62. The molecule has 10 heteroatoms. The molecule has 5 fully saturated rings. The highest BCUT2D eigenvalue weighted by atomic mass is 16.7. The van der Waals surface area contributed by atoms with Crippen molar-refractivity contribution in [2.24, 2.45) is 34.2 Å². The fraction of sp³-hybridized carbons (Fsp3) is 0.793. The number of guanidine groups is 1. The zero-order valence-corrected chi connectivity index (χ0v) is 23.4. The number of carbonyl (C=O) groups is 3. The van der Waals surface area contributed by atoms with E-state index in [9.17, 15) is 14.4 Å². The number of hydrogen-bond donors (Lipinski definition) is 4. The molecule has 0 spiro atoms. The molecule has 6 N–H and O–H groups in total. The zero-order valence-electron chi connectivity index (χ0n) is 23.4. The Hall–Kier alpha value is -2.30. The third-order valence-electron chi connectivity index (χ3n) is 9.80. The summed E-state index contributed by atoms with van der Waals surface area (Å²) in [5.74, 6) is -1.15. The zero-order chi connectivity index (χ0) is 27.8. The van der Waals surface area contributed by atoms with Crippen LogP contribution in [0.25, 0.3) is 0 Å². The van der Waals surface area contributed by atoms with Crippen LogP contribution in [-0.2, 0) is 23.9 Å². The number of ketones is 2. The van der Waals surface area contributed by atoms with Gasteiger partial charge >= 0.3 is 5.97 Å². The number of rotatable bonds is 8. The molecule has 39 heavy (non-hydrogen) atoms. The van der Waals surface area contributed by atoms with Crippen LogP contribution >= 0.6 is 0 Å². The summed E-state index contributed by atoms with van der Waals surface area (Å²) in [6.45, 7) is 2.84. The number of fused-ring (bicyclic) bond motifs is 2. The molecule has 2 saturated heterocycles. The second-order valence-corrected chi connectivity index (χ2v) is 12.3. The number of nitrogens with zero attached hydrogens (tertiary/aromatic N) is 1. The lowest BCUT2D eigenvalue weighted by Crippen LogP contribution is -2.58. The highest BCUT2D eigenvalue weighted by Gasteiger charge is 2.87. The topological polar surface area (TPSA) is 161 Å². The molecule has 0 aromatic heterocycles. The smallest absolute Gasteiger partial charge is 0.350 e. The quantitative estimate of drug-likeness (QED) is 0.0894. The maximum Gasteiger partial charge on any atom is 0.350 e. The standard InChI is InChI=1S/C29H45N5O5/c1-17(15-22(34-27(31)32-2)18-12-14-33-23(30)16-18)11-13-28-24(35)20-9-5-6-10-21(20)25(36)29(28,39-28)26(37)38-19-7-3-4-8-19/h11,18-23,33H,3-10,12-16,30H2,1-2H3,(H3,31,32,34)/t18?,20?,21?,22-,23?,28-,29-/m0/s1. The van der Waals surface area contributed by atoms with E-state index in [1.165, 1.54) is 0 Å². The highest BCUT2D eigenvalue weighted by molar-refractivity contribution is 6.23. The summed E-state index contributed by atoms with van der Waals surface area (Å²) in [6.07, 6.45) is 11.0. The molecule has 216 valence electrons. The molecule has 3 aliphatic carbocycles. The van der Waals surface area contributed by atoms with Crippen LogP contribution in [0.2, 0.25) is 0 Å². The Morgan fingerprint density at radius 3 is 2.49 bits per heavy atom. The SMILES string of the molecule is CN=C(N)N[C@@H](CC(C)=CC[C@@]12O[C@]1(C(=O)OC1CCCC1)C(=O)C1CCCCC1C2=O)C1CCNC(N)C1. The molecule has 0 aromatic rings. The Morgan fingerprint density at radius 2 is 1.82 bits per heavy atom. The van der Waals surface area contributed by atoms with Gasteiger partial charge in [-0.15, -0.1) is 0 Å². The molecular weight excluding hydrogens is 498 g/mol. The second kappa shape index (κ2) is 11.3. The van der Waals surface area contributed by atoms with Crippen LogP contribution in [-0.4, -0.2) is 66.6 Å². The molecule has 3 saturated carbocycles. The van der Waals surface area contributed by atoms with E-state index in [1.54, 1.807) is 7.05 Å². The van der Waals surface area contributed by atoms with Crippen molar-refractivity contribution in [1.29, 1.82) is 0 Å². The maximum absolute atomic E-state index is 13.9. The van der Waals surface area contributed by atoms with Crippen LogP contribution in [0.4, 0.5) is 0 Å². The van der Waals surface area contributed by atoms with Gasteiger partial charge in [0, 0.05) is 31.3 Å². The first-order valence-electron chi connectivity index (χ1n) is 14.8. The van der Waals surface area contributed by atoms with Crippen LogP contribution < -0.4 is 22.1 Å². The lowest BCUT2D eigenvalue weighted by atomic mass is 9.61. The van der Waals surface area contributed by atoms with Gasteiger partial charge < -0.3 is 31.6 Å². The van der Waals surface area contributed by atoms with Gasteiger partial charge in [0.1, 0.15) is 6.10 Å².